The average molecular weight is 338 g/mol. The number of carbonyl (C=O) groups excluding carboxylic acids is 1. The number of ether oxygens (including phenoxy) is 3. The molecule has 24 heavy (non-hydrogen) atoms. The summed E-state index contributed by atoms with van der Waals surface area (Å²) in [5, 5.41) is 12.6. The molecule has 6 nitrogen and oxygen atoms in total. The summed E-state index contributed by atoms with van der Waals surface area (Å²) in [4.78, 5) is 12.0. The molecule has 1 aromatic rings. The van der Waals surface area contributed by atoms with Crippen LogP contribution in [0.4, 0.5) is 8.78 Å². The summed E-state index contributed by atoms with van der Waals surface area (Å²) in [6.45, 7) is 3.65. The van der Waals surface area contributed by atoms with Gasteiger partial charge in [0.2, 0.25) is 0 Å². The average Bonchev–Trinajstić information content (AvgIpc) is 3.02. The number of esters is 1. The second-order valence-corrected chi connectivity index (χ2v) is 6.01. The Balaban J connectivity index is 1.89. The second kappa shape index (κ2) is 5.60. The summed E-state index contributed by atoms with van der Waals surface area (Å²) in [6, 6.07) is 5.39. The van der Waals surface area contributed by atoms with Gasteiger partial charge in [-0.2, -0.15) is 5.26 Å². The number of hydrogen-bond acceptors (Lipinski definition) is 6. The van der Waals surface area contributed by atoms with E-state index >= 15 is 0 Å². The van der Waals surface area contributed by atoms with Crippen molar-refractivity contribution in [1.82, 2.24) is 5.32 Å². The van der Waals surface area contributed by atoms with Crippen LogP contribution in [0.3, 0.4) is 0 Å². The third-order valence-corrected chi connectivity index (χ3v) is 4.22. The number of fused-ring (bicyclic) bond motifs is 1. The molecule has 0 saturated carbocycles. The molecule has 0 aliphatic carbocycles. The molecule has 1 aromatic carbocycles. The standard InChI is InChI=1S/C16H16F2N2O4/c1-3-22-14(21)10-7-15(2,8-19)13(20-10)9-4-5-11-12(6-9)24-16(17,18)23-11/h4-6,10,13,20H,3,7H2,1-2H3/t10-,13?,15+/m0/s1. The van der Waals surface area contributed by atoms with Crippen LogP contribution in [0.2, 0.25) is 0 Å². The Morgan fingerprint density at radius 3 is 2.83 bits per heavy atom. The summed E-state index contributed by atoms with van der Waals surface area (Å²) < 4.78 is 40.1. The number of benzene rings is 1. The monoisotopic (exact) mass is 338 g/mol. The van der Waals surface area contributed by atoms with E-state index in [-0.39, 0.29) is 24.5 Å². The van der Waals surface area contributed by atoms with Crippen LogP contribution in [0.25, 0.3) is 0 Å². The highest BCUT2D eigenvalue weighted by Crippen LogP contribution is 2.47. The first kappa shape index (κ1) is 16.5. The highest BCUT2D eigenvalue weighted by molar-refractivity contribution is 5.76. The van der Waals surface area contributed by atoms with E-state index in [1.807, 2.05) is 0 Å². The first-order chi connectivity index (χ1) is 11.3. The molecule has 1 N–H and O–H groups in total. The van der Waals surface area contributed by atoms with Crippen molar-refractivity contribution >= 4 is 5.97 Å². The van der Waals surface area contributed by atoms with Crippen molar-refractivity contribution in [2.45, 2.75) is 38.6 Å². The Kier molecular flexibility index (Phi) is 3.84. The van der Waals surface area contributed by atoms with Crippen LogP contribution in [-0.2, 0) is 9.53 Å². The van der Waals surface area contributed by atoms with Crippen LogP contribution in [0.5, 0.6) is 11.5 Å². The first-order valence-electron chi connectivity index (χ1n) is 7.52. The molecule has 128 valence electrons. The Hall–Kier alpha value is -2.40. The summed E-state index contributed by atoms with van der Waals surface area (Å²) in [5.74, 6) is -0.602. The van der Waals surface area contributed by atoms with Gasteiger partial charge in [-0.3, -0.25) is 10.1 Å². The lowest BCUT2D eigenvalue weighted by Gasteiger charge is -2.23. The Morgan fingerprint density at radius 1 is 1.46 bits per heavy atom. The molecule has 0 aromatic heterocycles. The molecule has 2 aliphatic heterocycles. The lowest BCUT2D eigenvalue weighted by Crippen LogP contribution is -2.34. The van der Waals surface area contributed by atoms with Crippen LogP contribution in [-0.4, -0.2) is 24.9 Å². The van der Waals surface area contributed by atoms with Crippen LogP contribution in [0.15, 0.2) is 18.2 Å². The van der Waals surface area contributed by atoms with E-state index in [2.05, 4.69) is 20.9 Å². The molecule has 0 radical (unpaired) electrons. The maximum Gasteiger partial charge on any atom is 0.586 e. The van der Waals surface area contributed by atoms with Crippen molar-refractivity contribution in [3.8, 4) is 17.6 Å². The fourth-order valence-corrected chi connectivity index (χ4v) is 3.10. The topological polar surface area (TPSA) is 80.6 Å². The normalized spacial score (nSPS) is 30.0. The maximum absolute atomic E-state index is 13.1. The summed E-state index contributed by atoms with van der Waals surface area (Å²) in [6.07, 6.45) is -3.44. The van der Waals surface area contributed by atoms with Gasteiger partial charge in [-0.15, -0.1) is 8.78 Å². The Labute approximate surface area is 137 Å². The second-order valence-electron chi connectivity index (χ2n) is 6.01. The van der Waals surface area contributed by atoms with Crippen molar-refractivity contribution in [2.75, 3.05) is 6.61 Å². The Morgan fingerprint density at radius 2 is 2.17 bits per heavy atom. The third-order valence-electron chi connectivity index (χ3n) is 4.22. The lowest BCUT2D eigenvalue weighted by atomic mass is 9.80. The van der Waals surface area contributed by atoms with Gasteiger partial charge in [-0.05, 0) is 38.0 Å². The van der Waals surface area contributed by atoms with Gasteiger partial charge in [0.05, 0.1) is 24.1 Å². The van der Waals surface area contributed by atoms with Gasteiger partial charge in [0.15, 0.2) is 11.5 Å². The molecular weight excluding hydrogens is 322 g/mol. The molecule has 3 atom stereocenters. The number of nitrogens with one attached hydrogen (secondary N) is 1. The molecule has 0 spiro atoms. The minimum atomic E-state index is -3.70. The number of carbonyl (C=O) groups is 1. The third kappa shape index (κ3) is 2.76. The number of alkyl halides is 2. The zero-order valence-corrected chi connectivity index (χ0v) is 13.1. The van der Waals surface area contributed by atoms with E-state index in [9.17, 15) is 18.8 Å². The van der Waals surface area contributed by atoms with Gasteiger partial charge in [-0.25, -0.2) is 0 Å². The number of nitriles is 1. The van der Waals surface area contributed by atoms with Gasteiger partial charge in [0.25, 0.3) is 0 Å². The predicted octanol–water partition coefficient (Wildman–Crippen LogP) is 2.50. The minimum Gasteiger partial charge on any atom is -0.465 e. The van der Waals surface area contributed by atoms with Crippen LogP contribution >= 0.6 is 0 Å². The molecule has 3 rings (SSSR count). The molecule has 8 heteroatoms. The van der Waals surface area contributed by atoms with Gasteiger partial charge < -0.3 is 14.2 Å². The predicted molar refractivity (Wildman–Crippen MR) is 77.3 cm³/mol. The van der Waals surface area contributed by atoms with E-state index in [4.69, 9.17) is 4.74 Å². The van der Waals surface area contributed by atoms with Crippen LogP contribution in [0, 0.1) is 16.7 Å². The van der Waals surface area contributed by atoms with E-state index in [0.717, 1.165) is 0 Å². The van der Waals surface area contributed by atoms with E-state index < -0.39 is 29.8 Å². The number of hydrogen-bond donors (Lipinski definition) is 1. The first-order valence-corrected chi connectivity index (χ1v) is 7.52. The molecule has 1 unspecified atom stereocenters. The zero-order chi connectivity index (χ0) is 17.5. The minimum absolute atomic E-state index is 0.0673. The van der Waals surface area contributed by atoms with Gasteiger partial charge in [0.1, 0.15) is 6.04 Å². The van der Waals surface area contributed by atoms with Gasteiger partial charge in [-0.1, -0.05) is 6.07 Å². The van der Waals surface area contributed by atoms with Gasteiger partial charge in [0, 0.05) is 0 Å². The van der Waals surface area contributed by atoms with Crippen molar-refractivity contribution in [1.29, 1.82) is 5.26 Å². The molecule has 2 heterocycles. The molecule has 2 aliphatic rings. The largest absolute Gasteiger partial charge is 0.586 e. The molecule has 1 fully saturated rings. The maximum atomic E-state index is 13.1. The highest BCUT2D eigenvalue weighted by Gasteiger charge is 2.49. The van der Waals surface area contributed by atoms with E-state index in [0.29, 0.717) is 5.56 Å². The van der Waals surface area contributed by atoms with E-state index in [1.165, 1.54) is 12.1 Å². The smallest absolute Gasteiger partial charge is 0.465 e. The number of halogens is 2. The van der Waals surface area contributed by atoms with E-state index in [1.54, 1.807) is 19.9 Å². The fourth-order valence-electron chi connectivity index (χ4n) is 3.10. The SMILES string of the molecule is CCOC(=O)[C@@H]1C[C@](C)(C#N)C(c2ccc3c(c2)OC(F)(F)O3)N1. The highest BCUT2D eigenvalue weighted by atomic mass is 19.3. The quantitative estimate of drug-likeness (QED) is 0.853. The van der Waals surface area contributed by atoms with Crippen molar-refractivity contribution in [2.24, 2.45) is 5.41 Å². The summed E-state index contributed by atoms with van der Waals surface area (Å²) in [7, 11) is 0. The van der Waals surface area contributed by atoms with Crippen molar-refractivity contribution < 1.29 is 27.8 Å². The molecule has 0 amide bonds. The Bertz CT molecular complexity index is 719. The number of nitrogens with zero attached hydrogens (tertiary/aromatic N) is 1. The van der Waals surface area contributed by atoms with Gasteiger partial charge >= 0.3 is 12.3 Å². The lowest BCUT2D eigenvalue weighted by molar-refractivity contribution is -0.286. The molecular formula is C16H16F2N2O4. The van der Waals surface area contributed by atoms with Crippen LogP contribution in [0.1, 0.15) is 31.9 Å². The molecule has 1 saturated heterocycles. The summed E-state index contributed by atoms with van der Waals surface area (Å²) >= 11 is 0. The van der Waals surface area contributed by atoms with Crippen molar-refractivity contribution in [3.63, 3.8) is 0 Å². The fraction of sp³-hybridized carbons (Fsp3) is 0.500. The number of rotatable bonds is 3. The molecule has 0 bridgehead atoms. The summed E-state index contributed by atoms with van der Waals surface area (Å²) in [5.41, 5.74) is -0.334. The van der Waals surface area contributed by atoms with Crippen LogP contribution < -0.4 is 14.8 Å². The zero-order valence-electron chi connectivity index (χ0n) is 13.1. The van der Waals surface area contributed by atoms with Crippen molar-refractivity contribution in [3.05, 3.63) is 23.8 Å².